The van der Waals surface area contributed by atoms with E-state index in [1.807, 2.05) is 34.3 Å². The summed E-state index contributed by atoms with van der Waals surface area (Å²) in [6.07, 6.45) is 3.64. The summed E-state index contributed by atoms with van der Waals surface area (Å²) in [6, 6.07) is 4.07. The maximum atomic E-state index is 8.33. The zero-order valence-corrected chi connectivity index (χ0v) is 6.06. The molecule has 11 heavy (non-hydrogen) atoms. The SMILES string of the molecule is N#CCN1C=CN(CC#N)C1. The Kier molecular flexibility index (Phi) is 2.35. The molecule has 0 N–H and O–H groups in total. The Morgan fingerprint density at radius 2 is 1.55 bits per heavy atom. The highest BCUT2D eigenvalue weighted by Gasteiger charge is 2.09. The summed E-state index contributed by atoms with van der Waals surface area (Å²) in [5.74, 6) is 0. The molecule has 0 aromatic heterocycles. The zero-order valence-electron chi connectivity index (χ0n) is 6.06. The summed E-state index contributed by atoms with van der Waals surface area (Å²) in [7, 11) is 0. The van der Waals surface area contributed by atoms with E-state index >= 15 is 0 Å². The van der Waals surface area contributed by atoms with Gasteiger partial charge in [0.1, 0.15) is 13.1 Å². The number of hydrogen-bond donors (Lipinski definition) is 0. The van der Waals surface area contributed by atoms with Crippen LogP contribution in [-0.4, -0.2) is 29.6 Å². The molecule has 1 aliphatic rings. The molecule has 4 nitrogen and oxygen atoms in total. The molecule has 0 aliphatic carbocycles. The first kappa shape index (κ1) is 7.43. The van der Waals surface area contributed by atoms with Gasteiger partial charge in [0.15, 0.2) is 0 Å². The lowest BCUT2D eigenvalue weighted by Gasteiger charge is -2.15. The van der Waals surface area contributed by atoms with E-state index in [1.165, 1.54) is 0 Å². The highest BCUT2D eigenvalue weighted by atomic mass is 15.3. The van der Waals surface area contributed by atoms with E-state index < -0.39 is 0 Å². The van der Waals surface area contributed by atoms with Crippen molar-refractivity contribution in [3.8, 4) is 12.1 Å². The van der Waals surface area contributed by atoms with Crippen LogP contribution >= 0.6 is 0 Å². The maximum Gasteiger partial charge on any atom is 0.107 e. The molecule has 4 heteroatoms. The largest absolute Gasteiger partial charge is 0.345 e. The van der Waals surface area contributed by atoms with Crippen LogP contribution in [0.25, 0.3) is 0 Å². The Hall–Kier alpha value is -1.68. The van der Waals surface area contributed by atoms with Crippen molar-refractivity contribution in [1.29, 1.82) is 10.5 Å². The Morgan fingerprint density at radius 3 is 1.91 bits per heavy atom. The van der Waals surface area contributed by atoms with E-state index in [0.29, 0.717) is 19.8 Å². The lowest BCUT2D eigenvalue weighted by Crippen LogP contribution is -2.25. The lowest BCUT2D eigenvalue weighted by atomic mass is 10.6. The van der Waals surface area contributed by atoms with Crippen LogP contribution in [0.15, 0.2) is 12.4 Å². The number of rotatable bonds is 2. The van der Waals surface area contributed by atoms with Crippen molar-refractivity contribution in [2.75, 3.05) is 19.8 Å². The molecule has 0 saturated heterocycles. The van der Waals surface area contributed by atoms with Crippen LogP contribution in [0.1, 0.15) is 0 Å². The Morgan fingerprint density at radius 1 is 1.09 bits per heavy atom. The molecule has 0 bridgehead atoms. The normalized spacial score (nSPS) is 14.7. The third kappa shape index (κ3) is 1.87. The average Bonchev–Trinajstić information content (AvgIpc) is 2.38. The zero-order chi connectivity index (χ0) is 8.10. The van der Waals surface area contributed by atoms with Gasteiger partial charge in [-0.15, -0.1) is 0 Å². The van der Waals surface area contributed by atoms with E-state index in [-0.39, 0.29) is 0 Å². The van der Waals surface area contributed by atoms with Gasteiger partial charge in [-0.2, -0.15) is 10.5 Å². The molecule has 1 aliphatic heterocycles. The van der Waals surface area contributed by atoms with Gasteiger partial charge in [0, 0.05) is 12.4 Å². The molecular formula is C7H8N4. The fourth-order valence-electron chi connectivity index (χ4n) is 0.903. The molecule has 0 atom stereocenters. The predicted molar refractivity (Wildman–Crippen MR) is 38.6 cm³/mol. The van der Waals surface area contributed by atoms with Crippen LogP contribution in [0.5, 0.6) is 0 Å². The molecule has 0 aromatic carbocycles. The molecular weight excluding hydrogens is 140 g/mol. The number of nitrogens with zero attached hydrogens (tertiary/aromatic N) is 4. The van der Waals surface area contributed by atoms with E-state index in [0.717, 1.165) is 0 Å². The molecule has 1 heterocycles. The third-order valence-corrected chi connectivity index (χ3v) is 1.40. The van der Waals surface area contributed by atoms with Crippen molar-refractivity contribution < 1.29 is 0 Å². The quantitative estimate of drug-likeness (QED) is 0.520. The molecule has 56 valence electrons. The topological polar surface area (TPSA) is 54.1 Å². The first-order valence-corrected chi connectivity index (χ1v) is 3.27. The Labute approximate surface area is 65.5 Å². The summed E-state index contributed by atoms with van der Waals surface area (Å²) in [5.41, 5.74) is 0. The highest BCUT2D eigenvalue weighted by Crippen LogP contribution is 2.03. The van der Waals surface area contributed by atoms with Crippen molar-refractivity contribution in [2.24, 2.45) is 0 Å². The van der Waals surface area contributed by atoms with Crippen LogP contribution < -0.4 is 0 Å². The molecule has 0 fully saturated rings. The van der Waals surface area contributed by atoms with Crippen LogP contribution in [-0.2, 0) is 0 Å². The van der Waals surface area contributed by atoms with Gasteiger partial charge < -0.3 is 9.80 Å². The number of hydrogen-bond acceptors (Lipinski definition) is 4. The minimum atomic E-state index is 0.387. The summed E-state index contributed by atoms with van der Waals surface area (Å²) < 4.78 is 0. The van der Waals surface area contributed by atoms with Gasteiger partial charge in [0.25, 0.3) is 0 Å². The van der Waals surface area contributed by atoms with Gasteiger partial charge >= 0.3 is 0 Å². The second kappa shape index (κ2) is 3.48. The summed E-state index contributed by atoms with van der Waals surface area (Å²) in [6.45, 7) is 1.43. The van der Waals surface area contributed by atoms with E-state index in [1.54, 1.807) is 0 Å². The van der Waals surface area contributed by atoms with E-state index in [2.05, 4.69) is 0 Å². The minimum absolute atomic E-state index is 0.387. The molecule has 0 saturated carbocycles. The van der Waals surface area contributed by atoms with E-state index in [4.69, 9.17) is 10.5 Å². The van der Waals surface area contributed by atoms with Crippen molar-refractivity contribution >= 4 is 0 Å². The summed E-state index contributed by atoms with van der Waals surface area (Å²) in [5, 5.41) is 16.7. The molecule has 0 radical (unpaired) electrons. The Balaban J connectivity index is 2.33. The van der Waals surface area contributed by atoms with Gasteiger partial charge in [-0.1, -0.05) is 0 Å². The van der Waals surface area contributed by atoms with Crippen molar-refractivity contribution in [2.45, 2.75) is 0 Å². The fraction of sp³-hybridized carbons (Fsp3) is 0.429. The molecule has 1 rings (SSSR count). The standard InChI is InChI=1S/C7H8N4/c8-1-3-10-5-6-11(7-10)4-2-9/h5-6H,3-4,7H2. The van der Waals surface area contributed by atoms with Crippen LogP contribution in [0.4, 0.5) is 0 Å². The maximum absolute atomic E-state index is 8.33. The predicted octanol–water partition coefficient (Wildman–Crippen LogP) is 0.0799. The second-order valence-electron chi connectivity index (χ2n) is 2.25. The molecule has 0 aromatic rings. The smallest absolute Gasteiger partial charge is 0.107 e. The third-order valence-electron chi connectivity index (χ3n) is 1.40. The first-order valence-electron chi connectivity index (χ1n) is 3.27. The second-order valence-corrected chi connectivity index (χ2v) is 2.25. The van der Waals surface area contributed by atoms with Gasteiger partial charge in [-0.3, -0.25) is 0 Å². The fourth-order valence-corrected chi connectivity index (χ4v) is 0.903. The van der Waals surface area contributed by atoms with Gasteiger partial charge in [-0.05, 0) is 0 Å². The van der Waals surface area contributed by atoms with Crippen LogP contribution in [0.3, 0.4) is 0 Å². The number of nitriles is 2. The highest BCUT2D eigenvalue weighted by molar-refractivity contribution is 4.96. The summed E-state index contributed by atoms with van der Waals surface area (Å²) in [4.78, 5) is 3.69. The lowest BCUT2D eigenvalue weighted by molar-refractivity contribution is 0.304. The van der Waals surface area contributed by atoms with Gasteiger partial charge in [0.2, 0.25) is 0 Å². The van der Waals surface area contributed by atoms with Gasteiger partial charge in [-0.25, -0.2) is 0 Å². The average molecular weight is 148 g/mol. The minimum Gasteiger partial charge on any atom is -0.345 e. The molecule has 0 unspecified atom stereocenters. The Bertz CT molecular complexity index is 208. The van der Waals surface area contributed by atoms with Crippen LogP contribution in [0, 0.1) is 22.7 Å². The van der Waals surface area contributed by atoms with E-state index in [9.17, 15) is 0 Å². The van der Waals surface area contributed by atoms with Gasteiger partial charge in [0.05, 0.1) is 18.8 Å². The first-order chi connectivity index (χ1) is 5.36. The monoisotopic (exact) mass is 148 g/mol. The van der Waals surface area contributed by atoms with Crippen molar-refractivity contribution in [3.63, 3.8) is 0 Å². The molecule has 0 spiro atoms. The van der Waals surface area contributed by atoms with Crippen molar-refractivity contribution in [3.05, 3.63) is 12.4 Å². The molecule has 0 amide bonds. The van der Waals surface area contributed by atoms with Crippen LogP contribution in [0.2, 0.25) is 0 Å². The summed E-state index contributed by atoms with van der Waals surface area (Å²) >= 11 is 0. The van der Waals surface area contributed by atoms with Crippen molar-refractivity contribution in [1.82, 2.24) is 9.80 Å².